The lowest BCUT2D eigenvalue weighted by atomic mass is 10.1. The number of halogens is 1. The van der Waals surface area contributed by atoms with Crippen LogP contribution >= 0.6 is 11.6 Å². The van der Waals surface area contributed by atoms with Crippen molar-refractivity contribution in [2.45, 2.75) is 32.9 Å². The molecule has 0 bridgehead atoms. The van der Waals surface area contributed by atoms with Gasteiger partial charge < -0.3 is 15.6 Å². The molecule has 102 valence electrons. The molecule has 0 saturated carbocycles. The van der Waals surface area contributed by atoms with Crippen LogP contribution in [0.4, 0.5) is 0 Å². The third-order valence-corrected chi connectivity index (χ3v) is 2.89. The van der Waals surface area contributed by atoms with Gasteiger partial charge in [-0.1, -0.05) is 11.6 Å². The van der Waals surface area contributed by atoms with Crippen molar-refractivity contribution >= 4 is 17.6 Å². The molecule has 6 nitrogen and oxygen atoms in total. The van der Waals surface area contributed by atoms with E-state index in [1.807, 2.05) is 0 Å². The third kappa shape index (κ3) is 3.69. The molecule has 1 unspecified atom stereocenters. The number of hydrogen-bond acceptors (Lipinski definition) is 5. The molecule has 0 fully saturated rings. The number of aliphatic hydroxyl groups excluding tert-OH is 1. The Bertz CT molecular complexity index is 420. The van der Waals surface area contributed by atoms with Crippen molar-refractivity contribution in [3.8, 4) is 0 Å². The quantitative estimate of drug-likeness (QED) is 0.728. The maximum absolute atomic E-state index is 11.4. The second kappa shape index (κ2) is 6.72. The van der Waals surface area contributed by atoms with Gasteiger partial charge in [0.1, 0.15) is 11.7 Å². The summed E-state index contributed by atoms with van der Waals surface area (Å²) in [5.74, 6) is -0.389. The highest BCUT2D eigenvalue weighted by Gasteiger charge is 2.17. The SMILES string of the molecule is CCOC(=O)Cn1nc(C)c(CC(N)CO)c1Cl. The molecule has 18 heavy (non-hydrogen) atoms. The fourth-order valence-corrected chi connectivity index (χ4v) is 1.89. The standard InChI is InChI=1S/C11H18ClN3O3/c1-3-18-10(17)5-15-11(12)9(7(2)14-15)4-8(13)6-16/h8,16H,3-6,13H2,1-2H3. The molecule has 1 heterocycles. The predicted octanol–water partition coefficient (Wildman–Crippen LogP) is 0.270. The zero-order chi connectivity index (χ0) is 13.7. The van der Waals surface area contributed by atoms with E-state index in [1.165, 1.54) is 4.68 Å². The molecule has 0 saturated heterocycles. The first-order valence-corrected chi connectivity index (χ1v) is 6.11. The summed E-state index contributed by atoms with van der Waals surface area (Å²) in [5, 5.41) is 13.5. The van der Waals surface area contributed by atoms with Crippen molar-refractivity contribution in [1.29, 1.82) is 0 Å². The second-order valence-electron chi connectivity index (χ2n) is 3.96. The number of nitrogens with two attached hydrogens (primary N) is 1. The predicted molar refractivity (Wildman–Crippen MR) is 67.4 cm³/mol. The van der Waals surface area contributed by atoms with Crippen LogP contribution in [0.25, 0.3) is 0 Å². The summed E-state index contributed by atoms with van der Waals surface area (Å²) in [6, 6.07) is -0.388. The van der Waals surface area contributed by atoms with E-state index in [-0.39, 0.29) is 25.2 Å². The van der Waals surface area contributed by atoms with Gasteiger partial charge in [0.05, 0.1) is 18.9 Å². The first kappa shape index (κ1) is 14.9. The maximum atomic E-state index is 11.4. The minimum Gasteiger partial charge on any atom is -0.465 e. The van der Waals surface area contributed by atoms with Gasteiger partial charge in [-0.2, -0.15) is 5.10 Å². The highest BCUT2D eigenvalue weighted by Crippen LogP contribution is 2.21. The van der Waals surface area contributed by atoms with Gasteiger partial charge in [-0.15, -0.1) is 0 Å². The van der Waals surface area contributed by atoms with Crippen LogP contribution in [0.15, 0.2) is 0 Å². The molecule has 0 radical (unpaired) electrons. The summed E-state index contributed by atoms with van der Waals surface area (Å²) in [4.78, 5) is 11.4. The summed E-state index contributed by atoms with van der Waals surface area (Å²) in [6.45, 7) is 3.69. The Morgan fingerprint density at radius 2 is 2.33 bits per heavy atom. The molecule has 0 aromatic carbocycles. The van der Waals surface area contributed by atoms with E-state index < -0.39 is 0 Å². The molecule has 0 aliphatic heterocycles. The smallest absolute Gasteiger partial charge is 0.327 e. The van der Waals surface area contributed by atoms with Crippen LogP contribution in [0.2, 0.25) is 5.15 Å². The van der Waals surface area contributed by atoms with Gasteiger partial charge in [-0.25, -0.2) is 4.68 Å². The number of esters is 1. The summed E-state index contributed by atoms with van der Waals surface area (Å²) in [6.07, 6.45) is 0.421. The van der Waals surface area contributed by atoms with Crippen molar-refractivity contribution in [2.75, 3.05) is 13.2 Å². The molecule has 3 N–H and O–H groups in total. The van der Waals surface area contributed by atoms with E-state index in [0.29, 0.717) is 23.9 Å². The third-order valence-electron chi connectivity index (χ3n) is 2.47. The zero-order valence-corrected chi connectivity index (χ0v) is 11.3. The summed E-state index contributed by atoms with van der Waals surface area (Å²) in [5.41, 5.74) is 7.12. The van der Waals surface area contributed by atoms with Crippen LogP contribution in [0.3, 0.4) is 0 Å². The van der Waals surface area contributed by atoms with Gasteiger partial charge in [0, 0.05) is 11.6 Å². The molecule has 1 aromatic heterocycles. The lowest BCUT2D eigenvalue weighted by Crippen LogP contribution is -2.27. The van der Waals surface area contributed by atoms with Crippen molar-refractivity contribution in [2.24, 2.45) is 5.73 Å². The fraction of sp³-hybridized carbons (Fsp3) is 0.636. The fourth-order valence-electron chi connectivity index (χ4n) is 1.58. The Hall–Kier alpha value is -1.11. The summed E-state index contributed by atoms with van der Waals surface area (Å²) >= 11 is 6.13. The van der Waals surface area contributed by atoms with E-state index in [4.69, 9.17) is 27.2 Å². The number of aryl methyl sites for hydroxylation is 1. The van der Waals surface area contributed by atoms with Crippen molar-refractivity contribution in [1.82, 2.24) is 9.78 Å². The van der Waals surface area contributed by atoms with Crippen LogP contribution in [0.5, 0.6) is 0 Å². The summed E-state index contributed by atoms with van der Waals surface area (Å²) < 4.78 is 6.21. The average Bonchev–Trinajstić information content (AvgIpc) is 2.57. The van der Waals surface area contributed by atoms with Crippen LogP contribution in [-0.4, -0.2) is 40.1 Å². The molecule has 1 atom stereocenters. The van der Waals surface area contributed by atoms with E-state index in [1.54, 1.807) is 13.8 Å². The molecule has 7 heteroatoms. The topological polar surface area (TPSA) is 90.4 Å². The number of ether oxygens (including phenoxy) is 1. The number of aromatic nitrogens is 2. The van der Waals surface area contributed by atoms with Crippen LogP contribution in [0.1, 0.15) is 18.2 Å². The van der Waals surface area contributed by atoms with Gasteiger partial charge in [0.2, 0.25) is 0 Å². The normalized spacial score (nSPS) is 12.5. The van der Waals surface area contributed by atoms with Gasteiger partial charge >= 0.3 is 5.97 Å². The first-order chi connectivity index (χ1) is 8.49. The lowest BCUT2D eigenvalue weighted by Gasteiger charge is -2.07. The van der Waals surface area contributed by atoms with Crippen molar-refractivity contribution in [3.63, 3.8) is 0 Å². The zero-order valence-electron chi connectivity index (χ0n) is 10.5. The van der Waals surface area contributed by atoms with Crippen LogP contribution in [0, 0.1) is 6.92 Å². The molecular weight excluding hydrogens is 258 g/mol. The molecule has 0 aliphatic carbocycles. The van der Waals surface area contributed by atoms with Crippen molar-refractivity contribution < 1.29 is 14.6 Å². The number of aliphatic hydroxyl groups is 1. The summed E-state index contributed by atoms with van der Waals surface area (Å²) in [7, 11) is 0. The Morgan fingerprint density at radius 3 is 2.89 bits per heavy atom. The Morgan fingerprint density at radius 1 is 1.67 bits per heavy atom. The Kier molecular flexibility index (Phi) is 5.58. The molecule has 0 spiro atoms. The molecule has 0 amide bonds. The number of carbonyl (C=O) groups excluding carboxylic acids is 1. The maximum Gasteiger partial charge on any atom is 0.327 e. The first-order valence-electron chi connectivity index (χ1n) is 5.73. The monoisotopic (exact) mass is 275 g/mol. The van der Waals surface area contributed by atoms with Gasteiger partial charge in [0.25, 0.3) is 0 Å². The van der Waals surface area contributed by atoms with Gasteiger partial charge in [-0.05, 0) is 20.3 Å². The van der Waals surface area contributed by atoms with Crippen LogP contribution in [-0.2, 0) is 22.5 Å². The van der Waals surface area contributed by atoms with E-state index in [9.17, 15) is 4.79 Å². The van der Waals surface area contributed by atoms with Gasteiger partial charge in [-0.3, -0.25) is 4.79 Å². The molecular formula is C11H18ClN3O3. The van der Waals surface area contributed by atoms with E-state index >= 15 is 0 Å². The molecule has 1 aromatic rings. The van der Waals surface area contributed by atoms with Crippen LogP contribution < -0.4 is 5.73 Å². The number of rotatable bonds is 6. The number of carbonyl (C=O) groups is 1. The Labute approximate surface area is 111 Å². The average molecular weight is 276 g/mol. The lowest BCUT2D eigenvalue weighted by molar-refractivity contribution is -0.144. The number of hydrogen-bond donors (Lipinski definition) is 2. The second-order valence-corrected chi connectivity index (χ2v) is 4.32. The number of nitrogens with zero attached hydrogens (tertiary/aromatic N) is 2. The minimum absolute atomic E-state index is 0.0259. The van der Waals surface area contributed by atoms with E-state index in [0.717, 1.165) is 5.56 Å². The molecule has 0 aliphatic rings. The van der Waals surface area contributed by atoms with Gasteiger partial charge in [0.15, 0.2) is 0 Å². The van der Waals surface area contributed by atoms with E-state index in [2.05, 4.69) is 5.10 Å². The largest absolute Gasteiger partial charge is 0.465 e. The minimum atomic E-state index is -0.389. The highest BCUT2D eigenvalue weighted by atomic mass is 35.5. The molecule has 1 rings (SSSR count). The van der Waals surface area contributed by atoms with Crippen molar-refractivity contribution in [3.05, 3.63) is 16.4 Å². The highest BCUT2D eigenvalue weighted by molar-refractivity contribution is 6.30. The Balaban J connectivity index is 2.83.